The number of hydrogen-bond donors (Lipinski definition) is 1. The van der Waals surface area contributed by atoms with Gasteiger partial charge in [0.1, 0.15) is 0 Å². The van der Waals surface area contributed by atoms with E-state index < -0.39 is 5.41 Å². The molecule has 0 saturated heterocycles. The van der Waals surface area contributed by atoms with Gasteiger partial charge in [0.2, 0.25) is 5.91 Å². The van der Waals surface area contributed by atoms with E-state index >= 15 is 0 Å². The van der Waals surface area contributed by atoms with E-state index in [1.807, 2.05) is 13.0 Å². The third-order valence-corrected chi connectivity index (χ3v) is 3.51. The van der Waals surface area contributed by atoms with Crippen molar-refractivity contribution in [2.75, 3.05) is 11.9 Å². The number of nitrogens with zero attached hydrogens (tertiary/aromatic N) is 2. The second kappa shape index (κ2) is 5.23. The summed E-state index contributed by atoms with van der Waals surface area (Å²) < 4.78 is 0. The molecule has 0 aliphatic heterocycles. The number of carbonyl (C=O) groups is 1. The molecule has 0 aliphatic carbocycles. The normalized spacial score (nSPS) is 13.8. The Balaban J connectivity index is 3.01. The minimum absolute atomic E-state index is 0.111. The molecule has 0 saturated carbocycles. The lowest BCUT2D eigenvalue weighted by atomic mass is 9.86. The number of anilines is 1. The number of carbonyl (C=O) groups excluding carboxylic acids is 1. The van der Waals surface area contributed by atoms with Crippen molar-refractivity contribution in [3.63, 3.8) is 0 Å². The zero-order valence-electron chi connectivity index (χ0n) is 10.3. The second-order valence-corrected chi connectivity index (χ2v) is 4.57. The smallest absolute Gasteiger partial charge is 0.239 e. The Morgan fingerprint density at radius 2 is 2.29 bits per heavy atom. The molecular formula is C12H17N3OS. The Bertz CT molecular complexity index is 421. The molecule has 1 rings (SSSR count). The van der Waals surface area contributed by atoms with Gasteiger partial charge in [-0.3, -0.25) is 9.78 Å². The molecule has 0 aromatic carbocycles. The maximum Gasteiger partial charge on any atom is 0.239 e. The number of hydrogen-bond acceptors (Lipinski definition) is 3. The Morgan fingerprint density at radius 1 is 1.65 bits per heavy atom. The van der Waals surface area contributed by atoms with Crippen LogP contribution in [0.5, 0.6) is 0 Å². The topological polar surface area (TPSA) is 59.2 Å². The van der Waals surface area contributed by atoms with E-state index in [4.69, 9.17) is 18.0 Å². The van der Waals surface area contributed by atoms with Gasteiger partial charge in [-0.05, 0) is 25.5 Å². The first-order valence-electron chi connectivity index (χ1n) is 5.41. The van der Waals surface area contributed by atoms with Crippen molar-refractivity contribution in [3.05, 3.63) is 24.5 Å². The van der Waals surface area contributed by atoms with E-state index in [1.165, 1.54) is 4.90 Å². The van der Waals surface area contributed by atoms with Crippen molar-refractivity contribution < 1.29 is 4.79 Å². The summed E-state index contributed by atoms with van der Waals surface area (Å²) in [4.78, 5) is 18.1. The van der Waals surface area contributed by atoms with Gasteiger partial charge in [-0.15, -0.1) is 0 Å². The highest BCUT2D eigenvalue weighted by atomic mass is 32.1. The fourth-order valence-corrected chi connectivity index (χ4v) is 1.70. The third-order valence-electron chi connectivity index (χ3n) is 3.06. The zero-order chi connectivity index (χ0) is 13.1. The molecule has 1 aromatic rings. The van der Waals surface area contributed by atoms with Gasteiger partial charge in [-0.1, -0.05) is 19.1 Å². The van der Waals surface area contributed by atoms with Crippen LogP contribution in [-0.2, 0) is 4.79 Å². The number of rotatable bonds is 4. The van der Waals surface area contributed by atoms with Crippen LogP contribution in [0.25, 0.3) is 0 Å². The summed E-state index contributed by atoms with van der Waals surface area (Å²) in [5.74, 6) is -0.111. The van der Waals surface area contributed by atoms with Gasteiger partial charge in [0, 0.05) is 13.2 Å². The number of thiocarbonyl (C=S) groups is 1. The van der Waals surface area contributed by atoms with Gasteiger partial charge in [0.15, 0.2) is 0 Å². The molecule has 1 heterocycles. The van der Waals surface area contributed by atoms with E-state index in [0.29, 0.717) is 6.42 Å². The number of amides is 1. The van der Waals surface area contributed by atoms with Gasteiger partial charge in [-0.2, -0.15) is 0 Å². The van der Waals surface area contributed by atoms with Crippen molar-refractivity contribution >= 4 is 28.8 Å². The van der Waals surface area contributed by atoms with Crippen molar-refractivity contribution in [1.82, 2.24) is 4.98 Å². The first kappa shape index (κ1) is 13.6. The lowest BCUT2D eigenvalue weighted by Gasteiger charge is -2.30. The molecule has 2 N–H and O–H groups in total. The van der Waals surface area contributed by atoms with Crippen LogP contribution in [0.1, 0.15) is 20.3 Å². The summed E-state index contributed by atoms with van der Waals surface area (Å²) in [5, 5.41) is 0. The molecular weight excluding hydrogens is 234 g/mol. The predicted octanol–water partition coefficient (Wildman–Crippen LogP) is 1.75. The molecule has 17 heavy (non-hydrogen) atoms. The van der Waals surface area contributed by atoms with Crippen LogP contribution in [0.2, 0.25) is 0 Å². The average Bonchev–Trinajstić information content (AvgIpc) is 2.36. The van der Waals surface area contributed by atoms with Crippen molar-refractivity contribution in [2.45, 2.75) is 20.3 Å². The highest BCUT2D eigenvalue weighted by Crippen LogP contribution is 2.26. The molecule has 4 nitrogen and oxygen atoms in total. The summed E-state index contributed by atoms with van der Waals surface area (Å²) >= 11 is 4.99. The Labute approximate surface area is 107 Å². The average molecular weight is 251 g/mol. The third kappa shape index (κ3) is 2.61. The van der Waals surface area contributed by atoms with E-state index in [2.05, 4.69) is 4.98 Å². The number of pyridine rings is 1. The summed E-state index contributed by atoms with van der Waals surface area (Å²) in [5.41, 5.74) is 5.59. The quantitative estimate of drug-likeness (QED) is 0.828. The Kier molecular flexibility index (Phi) is 4.17. The minimum atomic E-state index is -0.806. The van der Waals surface area contributed by atoms with Crippen LogP contribution < -0.4 is 10.6 Å². The largest absolute Gasteiger partial charge is 0.392 e. The minimum Gasteiger partial charge on any atom is -0.392 e. The van der Waals surface area contributed by atoms with Crippen LogP contribution in [0.3, 0.4) is 0 Å². The fraction of sp³-hybridized carbons (Fsp3) is 0.417. The molecule has 0 aliphatic rings. The van der Waals surface area contributed by atoms with Gasteiger partial charge in [-0.25, -0.2) is 0 Å². The standard InChI is InChI=1S/C12H17N3OS/c1-4-12(2,10(13)17)11(16)15(3)9-6-5-7-14-8-9/h5-8H,4H2,1-3H3,(H2,13,17). The molecule has 5 heteroatoms. The molecule has 0 bridgehead atoms. The van der Waals surface area contributed by atoms with E-state index in [9.17, 15) is 4.79 Å². The summed E-state index contributed by atoms with van der Waals surface area (Å²) in [6.45, 7) is 3.67. The predicted molar refractivity (Wildman–Crippen MR) is 72.8 cm³/mol. The molecule has 0 fully saturated rings. The summed E-state index contributed by atoms with van der Waals surface area (Å²) in [7, 11) is 1.70. The van der Waals surface area contributed by atoms with Gasteiger partial charge in [0.05, 0.1) is 22.3 Å². The van der Waals surface area contributed by atoms with E-state index in [-0.39, 0.29) is 10.9 Å². The monoisotopic (exact) mass is 251 g/mol. The highest BCUT2D eigenvalue weighted by molar-refractivity contribution is 7.80. The molecule has 0 radical (unpaired) electrons. The zero-order valence-corrected chi connectivity index (χ0v) is 11.1. The number of aromatic nitrogens is 1. The van der Waals surface area contributed by atoms with Crippen molar-refractivity contribution in [1.29, 1.82) is 0 Å². The first-order chi connectivity index (χ1) is 7.93. The molecule has 1 amide bonds. The summed E-state index contributed by atoms with van der Waals surface area (Å²) in [6, 6.07) is 3.60. The maximum atomic E-state index is 12.4. The lowest BCUT2D eigenvalue weighted by molar-refractivity contribution is -0.124. The Morgan fingerprint density at radius 3 is 2.71 bits per heavy atom. The molecule has 0 spiro atoms. The van der Waals surface area contributed by atoms with E-state index in [1.54, 1.807) is 32.4 Å². The van der Waals surface area contributed by atoms with Crippen LogP contribution in [0, 0.1) is 5.41 Å². The number of nitrogens with two attached hydrogens (primary N) is 1. The molecule has 92 valence electrons. The van der Waals surface area contributed by atoms with Gasteiger partial charge >= 0.3 is 0 Å². The maximum absolute atomic E-state index is 12.4. The van der Waals surface area contributed by atoms with Gasteiger partial charge in [0.25, 0.3) is 0 Å². The highest BCUT2D eigenvalue weighted by Gasteiger charge is 2.37. The van der Waals surface area contributed by atoms with Crippen LogP contribution in [-0.4, -0.2) is 22.9 Å². The van der Waals surface area contributed by atoms with Crippen molar-refractivity contribution in [3.8, 4) is 0 Å². The van der Waals surface area contributed by atoms with Gasteiger partial charge < -0.3 is 10.6 Å². The van der Waals surface area contributed by atoms with Crippen molar-refractivity contribution in [2.24, 2.45) is 11.1 Å². The van der Waals surface area contributed by atoms with Crippen LogP contribution in [0.15, 0.2) is 24.5 Å². The first-order valence-corrected chi connectivity index (χ1v) is 5.82. The Hall–Kier alpha value is -1.49. The molecule has 1 unspecified atom stereocenters. The summed E-state index contributed by atoms with van der Waals surface area (Å²) in [6.07, 6.45) is 3.87. The molecule has 1 atom stereocenters. The second-order valence-electron chi connectivity index (χ2n) is 4.13. The molecule has 1 aromatic heterocycles. The lowest BCUT2D eigenvalue weighted by Crippen LogP contribution is -2.47. The SMILES string of the molecule is CCC(C)(C(=O)N(C)c1cccnc1)C(N)=S. The van der Waals surface area contributed by atoms with E-state index in [0.717, 1.165) is 5.69 Å². The fourth-order valence-electron chi connectivity index (χ4n) is 1.47. The van der Waals surface area contributed by atoms with Crippen LogP contribution in [0.4, 0.5) is 5.69 Å². The van der Waals surface area contributed by atoms with Crippen LogP contribution >= 0.6 is 12.2 Å².